The van der Waals surface area contributed by atoms with E-state index in [1.165, 1.54) is 6.33 Å². The highest BCUT2D eigenvalue weighted by atomic mass is 19.1. The molecule has 4 N–H and O–H groups in total. The number of likely N-dealkylation sites (tertiary alicyclic amines) is 1. The Hall–Kier alpha value is -1.89. The zero-order valence-electron chi connectivity index (χ0n) is 11.3. The number of anilines is 2. The number of alkyl halides is 1. The molecule has 1 saturated heterocycles. The van der Waals surface area contributed by atoms with Crippen LogP contribution in [0, 0.1) is 0 Å². The van der Waals surface area contributed by atoms with Crippen LogP contribution >= 0.6 is 0 Å². The highest BCUT2D eigenvalue weighted by Crippen LogP contribution is 2.26. The molecule has 0 bridgehead atoms. The second-order valence-electron chi connectivity index (χ2n) is 5.14. The second-order valence-corrected chi connectivity index (χ2v) is 5.14. The Morgan fingerprint density at radius 3 is 2.95 bits per heavy atom. The summed E-state index contributed by atoms with van der Waals surface area (Å²) in [5.41, 5.74) is 7.34. The first-order valence-electron chi connectivity index (χ1n) is 6.90. The van der Waals surface area contributed by atoms with Gasteiger partial charge in [-0.2, -0.15) is 0 Å². The van der Waals surface area contributed by atoms with E-state index in [1.54, 1.807) is 6.20 Å². The van der Waals surface area contributed by atoms with Crippen molar-refractivity contribution in [1.29, 1.82) is 0 Å². The molecule has 6 nitrogen and oxygen atoms in total. The van der Waals surface area contributed by atoms with Crippen LogP contribution in [0.1, 0.15) is 12.8 Å². The van der Waals surface area contributed by atoms with Gasteiger partial charge in [0.25, 0.3) is 0 Å². The lowest BCUT2D eigenvalue weighted by atomic mass is 10.0. The second kappa shape index (κ2) is 5.62. The summed E-state index contributed by atoms with van der Waals surface area (Å²) in [6.07, 6.45) is 5.22. The third-order valence-electron chi connectivity index (χ3n) is 3.83. The number of rotatable bonds is 4. The molecular formula is C13H19FN6. The lowest BCUT2D eigenvalue weighted by Gasteiger charge is -2.32. The van der Waals surface area contributed by atoms with Crippen LogP contribution in [-0.4, -0.2) is 52.2 Å². The number of nitrogen functional groups attached to an aromatic ring is 1. The van der Waals surface area contributed by atoms with Gasteiger partial charge < -0.3 is 20.9 Å². The van der Waals surface area contributed by atoms with Crippen molar-refractivity contribution in [3.05, 3.63) is 12.5 Å². The maximum absolute atomic E-state index is 12.3. The minimum atomic E-state index is -0.273. The molecule has 2 aromatic heterocycles. The lowest BCUT2D eigenvalue weighted by Crippen LogP contribution is -2.40. The van der Waals surface area contributed by atoms with Crippen molar-refractivity contribution in [1.82, 2.24) is 19.9 Å². The number of aromatic amines is 1. The molecule has 0 radical (unpaired) electrons. The van der Waals surface area contributed by atoms with Gasteiger partial charge in [0.1, 0.15) is 24.5 Å². The number of nitrogens with zero attached hydrogens (tertiary/aromatic N) is 3. The molecule has 0 saturated carbocycles. The zero-order chi connectivity index (χ0) is 13.9. The molecule has 0 aromatic carbocycles. The van der Waals surface area contributed by atoms with Gasteiger partial charge >= 0.3 is 0 Å². The van der Waals surface area contributed by atoms with E-state index in [-0.39, 0.29) is 6.67 Å². The van der Waals surface area contributed by atoms with Crippen LogP contribution in [0.3, 0.4) is 0 Å². The average molecular weight is 278 g/mol. The lowest BCUT2D eigenvalue weighted by molar-refractivity contribution is 0.202. The van der Waals surface area contributed by atoms with Gasteiger partial charge in [-0.3, -0.25) is 0 Å². The summed E-state index contributed by atoms with van der Waals surface area (Å²) in [5.74, 6) is 0.776. The quantitative estimate of drug-likeness (QED) is 0.787. The van der Waals surface area contributed by atoms with Crippen molar-refractivity contribution in [2.75, 3.05) is 37.4 Å². The molecule has 3 rings (SSSR count). The number of hydrogen-bond donors (Lipinski definition) is 3. The molecule has 108 valence electrons. The predicted molar refractivity (Wildman–Crippen MR) is 77.4 cm³/mol. The number of halogens is 1. The van der Waals surface area contributed by atoms with Crippen molar-refractivity contribution in [3.63, 3.8) is 0 Å². The summed E-state index contributed by atoms with van der Waals surface area (Å²) in [7, 11) is 0. The van der Waals surface area contributed by atoms with Crippen molar-refractivity contribution in [2.24, 2.45) is 0 Å². The van der Waals surface area contributed by atoms with Gasteiger partial charge in [0.05, 0.1) is 11.1 Å². The highest BCUT2D eigenvalue weighted by molar-refractivity contribution is 5.97. The van der Waals surface area contributed by atoms with E-state index in [1.807, 2.05) is 0 Å². The van der Waals surface area contributed by atoms with E-state index in [2.05, 4.69) is 25.2 Å². The fourth-order valence-corrected chi connectivity index (χ4v) is 2.71. The Morgan fingerprint density at radius 1 is 1.40 bits per heavy atom. The fourth-order valence-electron chi connectivity index (χ4n) is 2.71. The van der Waals surface area contributed by atoms with E-state index in [4.69, 9.17) is 5.73 Å². The van der Waals surface area contributed by atoms with E-state index < -0.39 is 0 Å². The number of aromatic nitrogens is 3. The molecular weight excluding hydrogens is 259 g/mol. The third-order valence-corrected chi connectivity index (χ3v) is 3.83. The van der Waals surface area contributed by atoms with Crippen molar-refractivity contribution < 1.29 is 4.39 Å². The highest BCUT2D eigenvalue weighted by Gasteiger charge is 2.20. The minimum absolute atomic E-state index is 0.273. The first-order valence-corrected chi connectivity index (χ1v) is 6.90. The smallest absolute Gasteiger partial charge is 0.145 e. The standard InChI is InChI=1S/C13H19FN6/c14-3-6-20-4-1-9(2-5-20)19-13-11-10(15)7-16-12(11)17-8-18-13/h7-9H,1-6,15H2,(H2,16,17,18,19). The summed E-state index contributed by atoms with van der Waals surface area (Å²) in [6, 6.07) is 0.346. The molecule has 1 aliphatic rings. The average Bonchev–Trinajstić information content (AvgIpc) is 2.84. The number of nitrogens with one attached hydrogen (secondary N) is 2. The van der Waals surface area contributed by atoms with Gasteiger partial charge in [-0.05, 0) is 12.8 Å². The molecule has 3 heterocycles. The Bertz CT molecular complexity index is 575. The van der Waals surface area contributed by atoms with E-state index in [0.717, 1.165) is 42.8 Å². The summed E-state index contributed by atoms with van der Waals surface area (Å²) < 4.78 is 12.3. The number of nitrogens with two attached hydrogens (primary N) is 1. The fraction of sp³-hybridized carbons (Fsp3) is 0.538. The maximum atomic E-state index is 12.3. The van der Waals surface area contributed by atoms with Crippen molar-refractivity contribution in [2.45, 2.75) is 18.9 Å². The van der Waals surface area contributed by atoms with Crippen LogP contribution in [0.25, 0.3) is 11.0 Å². The molecule has 0 atom stereocenters. The van der Waals surface area contributed by atoms with Gasteiger partial charge in [0, 0.05) is 31.9 Å². The summed E-state index contributed by atoms with van der Waals surface area (Å²) >= 11 is 0. The van der Waals surface area contributed by atoms with Crippen LogP contribution in [-0.2, 0) is 0 Å². The van der Waals surface area contributed by atoms with Crippen LogP contribution in [0.5, 0.6) is 0 Å². The summed E-state index contributed by atoms with van der Waals surface area (Å²) in [5, 5.41) is 4.29. The molecule has 7 heteroatoms. The molecule has 0 aliphatic carbocycles. The largest absolute Gasteiger partial charge is 0.397 e. The number of hydrogen-bond acceptors (Lipinski definition) is 5. The number of fused-ring (bicyclic) bond motifs is 1. The summed E-state index contributed by atoms with van der Waals surface area (Å²) in [4.78, 5) is 13.6. The first-order chi connectivity index (χ1) is 9.78. The normalized spacial score (nSPS) is 17.6. The third kappa shape index (κ3) is 2.53. The monoisotopic (exact) mass is 278 g/mol. The number of H-pyrrole nitrogens is 1. The van der Waals surface area contributed by atoms with Gasteiger partial charge in [-0.1, -0.05) is 0 Å². The van der Waals surface area contributed by atoms with Gasteiger partial charge in [0.2, 0.25) is 0 Å². The van der Waals surface area contributed by atoms with Gasteiger partial charge in [-0.25, -0.2) is 14.4 Å². The molecule has 0 spiro atoms. The minimum Gasteiger partial charge on any atom is -0.397 e. The van der Waals surface area contributed by atoms with Crippen LogP contribution < -0.4 is 11.1 Å². The SMILES string of the molecule is Nc1c[nH]c2ncnc(NC3CCN(CCF)CC3)c12. The predicted octanol–water partition coefficient (Wildman–Crippen LogP) is 1.39. The molecule has 0 amide bonds. The van der Waals surface area contributed by atoms with E-state index in [0.29, 0.717) is 18.3 Å². The summed E-state index contributed by atoms with van der Waals surface area (Å²) in [6.45, 7) is 2.09. The molecule has 1 aliphatic heterocycles. The van der Waals surface area contributed by atoms with Crippen LogP contribution in [0.15, 0.2) is 12.5 Å². The molecule has 0 unspecified atom stereocenters. The molecule has 2 aromatic rings. The Kier molecular flexibility index (Phi) is 3.68. The Balaban J connectivity index is 1.70. The first kappa shape index (κ1) is 13.1. The molecule has 20 heavy (non-hydrogen) atoms. The Labute approximate surface area is 116 Å². The van der Waals surface area contributed by atoms with Crippen molar-refractivity contribution in [3.8, 4) is 0 Å². The van der Waals surface area contributed by atoms with E-state index in [9.17, 15) is 4.39 Å². The zero-order valence-corrected chi connectivity index (χ0v) is 11.3. The van der Waals surface area contributed by atoms with Gasteiger partial charge in [0.15, 0.2) is 0 Å². The molecule has 1 fully saturated rings. The Morgan fingerprint density at radius 2 is 2.20 bits per heavy atom. The van der Waals surface area contributed by atoms with Crippen LogP contribution in [0.2, 0.25) is 0 Å². The number of piperidine rings is 1. The van der Waals surface area contributed by atoms with Crippen molar-refractivity contribution >= 4 is 22.5 Å². The topological polar surface area (TPSA) is 82.9 Å². The maximum Gasteiger partial charge on any atom is 0.145 e. The van der Waals surface area contributed by atoms with Gasteiger partial charge in [-0.15, -0.1) is 0 Å². The van der Waals surface area contributed by atoms with Crippen LogP contribution in [0.4, 0.5) is 15.9 Å². The van der Waals surface area contributed by atoms with E-state index >= 15 is 0 Å².